The summed E-state index contributed by atoms with van der Waals surface area (Å²) in [6.45, 7) is 7.07. The van der Waals surface area contributed by atoms with E-state index in [9.17, 15) is 9.18 Å². The Morgan fingerprint density at radius 3 is 3.00 bits per heavy atom. The lowest BCUT2D eigenvalue weighted by molar-refractivity contribution is -0.127. The Morgan fingerprint density at radius 1 is 1.48 bits per heavy atom. The second-order valence-electron chi connectivity index (χ2n) is 6.49. The van der Waals surface area contributed by atoms with Crippen LogP contribution >= 0.6 is 0 Å². The summed E-state index contributed by atoms with van der Waals surface area (Å²) in [7, 11) is 0. The molecular formula is C19H24FN3O2. The van der Waals surface area contributed by atoms with Gasteiger partial charge >= 0.3 is 0 Å². The van der Waals surface area contributed by atoms with Crippen molar-refractivity contribution in [1.29, 1.82) is 0 Å². The SMILES string of the molecule is CCn1nccc1[C@@H]1OCC[C@H]1C(=O)N[C@@H](C)c1ccc(F)cc1C. The number of ether oxygens (including phenoxy) is 1. The number of hydrogen-bond acceptors (Lipinski definition) is 3. The molecule has 1 saturated heterocycles. The van der Waals surface area contributed by atoms with E-state index in [1.807, 2.05) is 31.5 Å². The van der Waals surface area contributed by atoms with E-state index in [4.69, 9.17) is 4.74 Å². The molecule has 134 valence electrons. The first-order valence-electron chi connectivity index (χ1n) is 8.71. The molecule has 0 saturated carbocycles. The molecule has 0 bridgehead atoms. The van der Waals surface area contributed by atoms with Crippen LogP contribution in [0.4, 0.5) is 4.39 Å². The van der Waals surface area contributed by atoms with Crippen LogP contribution in [0.25, 0.3) is 0 Å². The van der Waals surface area contributed by atoms with Crippen molar-refractivity contribution in [1.82, 2.24) is 15.1 Å². The van der Waals surface area contributed by atoms with E-state index < -0.39 is 0 Å². The number of carbonyl (C=O) groups excluding carboxylic acids is 1. The summed E-state index contributed by atoms with van der Waals surface area (Å²) in [6.07, 6.45) is 2.14. The predicted octanol–water partition coefficient (Wildman–Crippen LogP) is 3.31. The lowest BCUT2D eigenvalue weighted by atomic mass is 9.96. The molecule has 2 heterocycles. The normalized spacial score (nSPS) is 21.3. The van der Waals surface area contributed by atoms with Gasteiger partial charge in [-0.2, -0.15) is 5.10 Å². The average Bonchev–Trinajstić information content (AvgIpc) is 3.22. The second-order valence-corrected chi connectivity index (χ2v) is 6.49. The minimum absolute atomic E-state index is 0.0393. The molecule has 0 radical (unpaired) electrons. The van der Waals surface area contributed by atoms with Crippen LogP contribution in [-0.4, -0.2) is 22.3 Å². The van der Waals surface area contributed by atoms with Crippen LogP contribution < -0.4 is 5.32 Å². The van der Waals surface area contributed by atoms with Crippen LogP contribution in [0.2, 0.25) is 0 Å². The highest BCUT2D eigenvalue weighted by atomic mass is 19.1. The number of aromatic nitrogens is 2. The molecule has 3 rings (SSSR count). The van der Waals surface area contributed by atoms with Crippen LogP contribution in [-0.2, 0) is 16.1 Å². The monoisotopic (exact) mass is 345 g/mol. The molecule has 0 spiro atoms. The van der Waals surface area contributed by atoms with Gasteiger partial charge in [0.05, 0.1) is 17.7 Å². The van der Waals surface area contributed by atoms with E-state index >= 15 is 0 Å². The van der Waals surface area contributed by atoms with Crippen molar-refractivity contribution in [3.05, 3.63) is 53.1 Å². The van der Waals surface area contributed by atoms with E-state index in [0.717, 1.165) is 23.4 Å². The Balaban J connectivity index is 1.73. The molecule has 1 aromatic heterocycles. The molecule has 1 fully saturated rings. The summed E-state index contributed by atoms with van der Waals surface area (Å²) in [4.78, 5) is 12.8. The van der Waals surface area contributed by atoms with Gasteiger partial charge in [-0.1, -0.05) is 6.07 Å². The summed E-state index contributed by atoms with van der Waals surface area (Å²) >= 11 is 0. The van der Waals surface area contributed by atoms with E-state index in [1.165, 1.54) is 12.1 Å². The third-order valence-electron chi connectivity index (χ3n) is 4.83. The fraction of sp³-hybridized carbons (Fsp3) is 0.474. The number of benzene rings is 1. The zero-order chi connectivity index (χ0) is 18.0. The van der Waals surface area contributed by atoms with Gasteiger partial charge in [-0.25, -0.2) is 4.39 Å². The highest BCUT2D eigenvalue weighted by Gasteiger charge is 2.37. The fourth-order valence-corrected chi connectivity index (χ4v) is 3.52. The Morgan fingerprint density at radius 2 is 2.28 bits per heavy atom. The average molecular weight is 345 g/mol. The third kappa shape index (κ3) is 3.58. The van der Waals surface area contributed by atoms with Crippen LogP contribution in [0.5, 0.6) is 0 Å². The zero-order valence-electron chi connectivity index (χ0n) is 14.8. The molecule has 1 aliphatic rings. The van der Waals surface area contributed by atoms with Crippen LogP contribution in [0.15, 0.2) is 30.5 Å². The molecule has 6 heteroatoms. The minimum atomic E-state index is -0.274. The maximum absolute atomic E-state index is 13.3. The minimum Gasteiger partial charge on any atom is -0.371 e. The maximum Gasteiger partial charge on any atom is 0.226 e. The quantitative estimate of drug-likeness (QED) is 0.904. The topological polar surface area (TPSA) is 56.2 Å². The fourth-order valence-electron chi connectivity index (χ4n) is 3.52. The van der Waals surface area contributed by atoms with Crippen LogP contribution in [0.3, 0.4) is 0 Å². The summed E-state index contributed by atoms with van der Waals surface area (Å²) in [5.41, 5.74) is 2.69. The van der Waals surface area contributed by atoms with Gasteiger partial charge in [0.15, 0.2) is 0 Å². The Kier molecular flexibility index (Phi) is 5.18. The molecule has 25 heavy (non-hydrogen) atoms. The van der Waals surface area contributed by atoms with Gasteiger partial charge in [-0.05, 0) is 56.5 Å². The van der Waals surface area contributed by atoms with Gasteiger partial charge < -0.3 is 10.1 Å². The van der Waals surface area contributed by atoms with E-state index in [0.29, 0.717) is 13.0 Å². The first-order chi connectivity index (χ1) is 12.0. The Hall–Kier alpha value is -2.21. The number of nitrogens with one attached hydrogen (secondary N) is 1. The van der Waals surface area contributed by atoms with E-state index in [-0.39, 0.29) is 29.8 Å². The Labute approximate surface area is 147 Å². The number of halogens is 1. The Bertz CT molecular complexity index is 759. The molecule has 0 unspecified atom stereocenters. The van der Waals surface area contributed by atoms with Crippen LogP contribution in [0, 0.1) is 18.7 Å². The van der Waals surface area contributed by atoms with Gasteiger partial charge in [-0.15, -0.1) is 0 Å². The van der Waals surface area contributed by atoms with Gasteiger partial charge in [-0.3, -0.25) is 9.48 Å². The van der Waals surface area contributed by atoms with Crippen molar-refractivity contribution in [3.8, 4) is 0 Å². The molecule has 3 atom stereocenters. The molecule has 1 N–H and O–H groups in total. The van der Waals surface area contributed by atoms with Crippen molar-refractivity contribution < 1.29 is 13.9 Å². The molecule has 1 amide bonds. The first kappa shape index (κ1) is 17.6. The van der Waals surface area contributed by atoms with Gasteiger partial charge in [0, 0.05) is 19.3 Å². The summed E-state index contributed by atoms with van der Waals surface area (Å²) < 4.78 is 21.0. The highest BCUT2D eigenvalue weighted by molar-refractivity contribution is 5.80. The molecule has 2 aromatic rings. The van der Waals surface area contributed by atoms with Gasteiger partial charge in [0.1, 0.15) is 11.9 Å². The number of nitrogens with zero attached hydrogens (tertiary/aromatic N) is 2. The van der Waals surface area contributed by atoms with Crippen molar-refractivity contribution in [2.75, 3.05) is 6.61 Å². The van der Waals surface area contributed by atoms with E-state index in [2.05, 4.69) is 10.4 Å². The lowest BCUT2D eigenvalue weighted by Crippen LogP contribution is -2.35. The molecule has 1 aliphatic heterocycles. The molecule has 5 nitrogen and oxygen atoms in total. The predicted molar refractivity (Wildman–Crippen MR) is 92.4 cm³/mol. The van der Waals surface area contributed by atoms with Crippen molar-refractivity contribution in [2.45, 2.75) is 45.9 Å². The van der Waals surface area contributed by atoms with Gasteiger partial charge in [0.25, 0.3) is 0 Å². The lowest BCUT2D eigenvalue weighted by Gasteiger charge is -2.22. The number of hydrogen-bond donors (Lipinski definition) is 1. The summed E-state index contributed by atoms with van der Waals surface area (Å²) in [5.74, 6) is -0.551. The summed E-state index contributed by atoms with van der Waals surface area (Å²) in [6, 6.07) is 6.36. The number of amides is 1. The van der Waals surface area contributed by atoms with Gasteiger partial charge in [0.2, 0.25) is 5.91 Å². The smallest absolute Gasteiger partial charge is 0.226 e. The first-order valence-corrected chi connectivity index (χ1v) is 8.71. The number of aryl methyl sites for hydroxylation is 2. The molecule has 1 aromatic carbocycles. The van der Waals surface area contributed by atoms with Crippen molar-refractivity contribution in [3.63, 3.8) is 0 Å². The largest absolute Gasteiger partial charge is 0.371 e. The summed E-state index contributed by atoms with van der Waals surface area (Å²) in [5, 5.41) is 7.33. The maximum atomic E-state index is 13.3. The standard InChI is InChI=1S/C19H24FN3O2/c1-4-23-17(7-9-21-23)18-16(8-10-25-18)19(24)22-13(3)15-6-5-14(20)11-12(15)2/h5-7,9,11,13,16,18H,4,8,10H2,1-3H3,(H,22,24)/t13-,16+,18+/m0/s1. The third-order valence-corrected chi connectivity index (χ3v) is 4.83. The number of rotatable bonds is 5. The van der Waals surface area contributed by atoms with Crippen molar-refractivity contribution in [2.24, 2.45) is 5.92 Å². The highest BCUT2D eigenvalue weighted by Crippen LogP contribution is 2.35. The van der Waals surface area contributed by atoms with Crippen molar-refractivity contribution >= 4 is 5.91 Å². The molecule has 0 aliphatic carbocycles. The molecular weight excluding hydrogens is 321 g/mol. The second kappa shape index (κ2) is 7.35. The van der Waals surface area contributed by atoms with Crippen LogP contribution in [0.1, 0.15) is 49.2 Å². The zero-order valence-corrected chi connectivity index (χ0v) is 14.8. The van der Waals surface area contributed by atoms with E-state index in [1.54, 1.807) is 12.3 Å². The number of carbonyl (C=O) groups is 1.